The number of aliphatic hydroxyl groups excluding tert-OH is 1. The number of aliphatic hydroxyl groups is 1. The van der Waals surface area contributed by atoms with Crippen LogP contribution in [0.25, 0.3) is 10.9 Å². The van der Waals surface area contributed by atoms with Crippen LogP contribution in [0.1, 0.15) is 12.5 Å². The van der Waals surface area contributed by atoms with E-state index in [0.29, 0.717) is 0 Å². The van der Waals surface area contributed by atoms with Crippen LogP contribution in [0.5, 0.6) is 0 Å². The minimum absolute atomic E-state index is 0.0141. The van der Waals surface area contributed by atoms with Crippen molar-refractivity contribution < 1.29 is 5.11 Å². The minimum atomic E-state index is 0.0141. The Balaban J connectivity index is 2.58. The highest BCUT2D eigenvalue weighted by molar-refractivity contribution is 5.81. The fourth-order valence-electron chi connectivity index (χ4n) is 1.60. The van der Waals surface area contributed by atoms with Crippen molar-refractivity contribution in [1.29, 1.82) is 0 Å². The van der Waals surface area contributed by atoms with Crippen molar-refractivity contribution in [3.8, 4) is 0 Å². The monoisotopic (exact) mass is 202 g/mol. The molecule has 15 heavy (non-hydrogen) atoms. The molecule has 0 spiro atoms. The molecule has 3 nitrogen and oxygen atoms in total. The van der Waals surface area contributed by atoms with Crippen LogP contribution in [-0.4, -0.2) is 16.6 Å². The second-order valence-electron chi connectivity index (χ2n) is 3.38. The van der Waals surface area contributed by atoms with Crippen molar-refractivity contribution in [2.45, 2.75) is 13.5 Å². The molecule has 0 unspecified atom stereocenters. The lowest BCUT2D eigenvalue weighted by molar-refractivity contribution is 0.282. The number of hydrogen-bond acceptors (Lipinski definition) is 3. The van der Waals surface area contributed by atoms with Crippen LogP contribution in [-0.2, 0) is 6.61 Å². The number of anilines is 1. The van der Waals surface area contributed by atoms with Gasteiger partial charge in [0.05, 0.1) is 12.1 Å². The highest BCUT2D eigenvalue weighted by atomic mass is 16.3. The maximum absolute atomic E-state index is 9.22. The molecule has 0 aliphatic heterocycles. The first-order valence-corrected chi connectivity index (χ1v) is 5.08. The molecule has 2 rings (SSSR count). The van der Waals surface area contributed by atoms with Crippen LogP contribution in [0.3, 0.4) is 0 Å². The first-order valence-electron chi connectivity index (χ1n) is 5.08. The van der Waals surface area contributed by atoms with E-state index in [1.165, 1.54) is 0 Å². The normalized spacial score (nSPS) is 10.5. The van der Waals surface area contributed by atoms with Gasteiger partial charge in [-0.25, -0.2) is 4.98 Å². The van der Waals surface area contributed by atoms with E-state index in [2.05, 4.69) is 10.3 Å². The Bertz CT molecular complexity index is 468. The van der Waals surface area contributed by atoms with E-state index in [-0.39, 0.29) is 6.61 Å². The summed E-state index contributed by atoms with van der Waals surface area (Å²) in [6.45, 7) is 2.83. The number of hydrogen-bond donors (Lipinski definition) is 2. The Labute approximate surface area is 88.8 Å². The van der Waals surface area contributed by atoms with Crippen molar-refractivity contribution in [2.75, 3.05) is 11.9 Å². The zero-order valence-corrected chi connectivity index (χ0v) is 8.70. The largest absolute Gasteiger partial charge is 0.392 e. The summed E-state index contributed by atoms with van der Waals surface area (Å²) in [6, 6.07) is 9.87. The quantitative estimate of drug-likeness (QED) is 0.801. The summed E-state index contributed by atoms with van der Waals surface area (Å²) >= 11 is 0. The standard InChI is InChI=1S/C12H14N2O/c1-2-13-12-10(8-15)7-9-5-3-4-6-11(9)14-12/h3-7,15H,2,8H2,1H3,(H,13,14). The Morgan fingerprint density at radius 1 is 1.33 bits per heavy atom. The smallest absolute Gasteiger partial charge is 0.132 e. The molecule has 1 aromatic carbocycles. The van der Waals surface area contributed by atoms with Gasteiger partial charge in [-0.3, -0.25) is 0 Å². The van der Waals surface area contributed by atoms with E-state index in [9.17, 15) is 5.11 Å². The number of para-hydroxylation sites is 1. The average Bonchev–Trinajstić information content (AvgIpc) is 2.28. The molecule has 0 saturated heterocycles. The molecule has 0 amide bonds. The summed E-state index contributed by atoms with van der Waals surface area (Å²) in [5, 5.41) is 13.4. The number of benzene rings is 1. The molecular weight excluding hydrogens is 188 g/mol. The summed E-state index contributed by atoms with van der Waals surface area (Å²) in [7, 11) is 0. The second kappa shape index (κ2) is 4.28. The third kappa shape index (κ3) is 1.92. The van der Waals surface area contributed by atoms with Crippen molar-refractivity contribution in [1.82, 2.24) is 4.98 Å². The number of rotatable bonds is 3. The summed E-state index contributed by atoms with van der Waals surface area (Å²) in [4.78, 5) is 4.46. The molecular formula is C12H14N2O. The molecule has 78 valence electrons. The van der Waals surface area contributed by atoms with Gasteiger partial charge < -0.3 is 10.4 Å². The van der Waals surface area contributed by atoms with Gasteiger partial charge in [0.1, 0.15) is 5.82 Å². The van der Waals surface area contributed by atoms with E-state index in [4.69, 9.17) is 0 Å². The highest BCUT2D eigenvalue weighted by Crippen LogP contribution is 2.20. The molecule has 3 heteroatoms. The Morgan fingerprint density at radius 2 is 2.13 bits per heavy atom. The molecule has 0 atom stereocenters. The first-order chi connectivity index (χ1) is 7.35. The van der Waals surface area contributed by atoms with Gasteiger partial charge >= 0.3 is 0 Å². The van der Waals surface area contributed by atoms with Crippen LogP contribution in [0.4, 0.5) is 5.82 Å². The summed E-state index contributed by atoms with van der Waals surface area (Å²) in [5.74, 6) is 0.777. The zero-order valence-electron chi connectivity index (χ0n) is 8.70. The highest BCUT2D eigenvalue weighted by Gasteiger charge is 2.04. The fraction of sp³-hybridized carbons (Fsp3) is 0.250. The SMILES string of the molecule is CCNc1nc2ccccc2cc1CO. The molecule has 0 aliphatic carbocycles. The number of fused-ring (bicyclic) bond motifs is 1. The van der Waals surface area contributed by atoms with Gasteiger partial charge in [0.25, 0.3) is 0 Å². The Morgan fingerprint density at radius 3 is 2.87 bits per heavy atom. The van der Waals surface area contributed by atoms with E-state index >= 15 is 0 Å². The second-order valence-corrected chi connectivity index (χ2v) is 3.38. The van der Waals surface area contributed by atoms with Gasteiger partial charge in [-0.05, 0) is 19.1 Å². The molecule has 1 aromatic heterocycles. The van der Waals surface area contributed by atoms with Crippen LogP contribution in [0, 0.1) is 0 Å². The molecule has 0 bridgehead atoms. The van der Waals surface area contributed by atoms with E-state index in [1.807, 2.05) is 37.3 Å². The fourth-order valence-corrected chi connectivity index (χ4v) is 1.60. The van der Waals surface area contributed by atoms with Crippen molar-refractivity contribution in [2.24, 2.45) is 0 Å². The minimum Gasteiger partial charge on any atom is -0.392 e. The number of nitrogens with zero attached hydrogens (tertiary/aromatic N) is 1. The molecule has 0 aliphatic rings. The molecule has 2 N–H and O–H groups in total. The molecule has 0 saturated carbocycles. The Kier molecular flexibility index (Phi) is 2.83. The van der Waals surface area contributed by atoms with Crippen LogP contribution in [0.2, 0.25) is 0 Å². The third-order valence-electron chi connectivity index (χ3n) is 2.32. The predicted octanol–water partition coefficient (Wildman–Crippen LogP) is 2.16. The van der Waals surface area contributed by atoms with E-state index in [1.54, 1.807) is 0 Å². The number of nitrogens with one attached hydrogen (secondary N) is 1. The Hall–Kier alpha value is -1.61. The lowest BCUT2D eigenvalue weighted by Gasteiger charge is -2.09. The lowest BCUT2D eigenvalue weighted by atomic mass is 10.1. The van der Waals surface area contributed by atoms with Crippen LogP contribution >= 0.6 is 0 Å². The van der Waals surface area contributed by atoms with Crippen molar-refractivity contribution >= 4 is 16.7 Å². The molecule has 1 heterocycles. The lowest BCUT2D eigenvalue weighted by Crippen LogP contribution is -2.03. The van der Waals surface area contributed by atoms with Gasteiger partial charge in [0.2, 0.25) is 0 Å². The van der Waals surface area contributed by atoms with E-state index < -0.39 is 0 Å². The van der Waals surface area contributed by atoms with Gasteiger partial charge in [-0.2, -0.15) is 0 Å². The van der Waals surface area contributed by atoms with Gasteiger partial charge in [-0.15, -0.1) is 0 Å². The zero-order chi connectivity index (χ0) is 10.7. The maximum Gasteiger partial charge on any atom is 0.132 e. The molecule has 2 aromatic rings. The number of aromatic nitrogens is 1. The van der Waals surface area contributed by atoms with Crippen LogP contribution in [0.15, 0.2) is 30.3 Å². The third-order valence-corrected chi connectivity index (χ3v) is 2.32. The summed E-state index contributed by atoms with van der Waals surface area (Å²) in [5.41, 5.74) is 1.79. The van der Waals surface area contributed by atoms with Crippen molar-refractivity contribution in [3.05, 3.63) is 35.9 Å². The topological polar surface area (TPSA) is 45.2 Å². The summed E-state index contributed by atoms with van der Waals surface area (Å²) < 4.78 is 0. The summed E-state index contributed by atoms with van der Waals surface area (Å²) in [6.07, 6.45) is 0. The molecule has 0 fully saturated rings. The maximum atomic E-state index is 9.22. The molecule has 0 radical (unpaired) electrons. The van der Waals surface area contributed by atoms with Gasteiger partial charge in [0.15, 0.2) is 0 Å². The predicted molar refractivity (Wildman–Crippen MR) is 61.8 cm³/mol. The average molecular weight is 202 g/mol. The van der Waals surface area contributed by atoms with Gasteiger partial charge in [0, 0.05) is 17.5 Å². The van der Waals surface area contributed by atoms with E-state index in [0.717, 1.165) is 28.8 Å². The number of pyridine rings is 1. The van der Waals surface area contributed by atoms with Crippen LogP contribution < -0.4 is 5.32 Å². The first kappa shape index (κ1) is 9.93. The van der Waals surface area contributed by atoms with Gasteiger partial charge in [-0.1, -0.05) is 18.2 Å². The van der Waals surface area contributed by atoms with Crippen molar-refractivity contribution in [3.63, 3.8) is 0 Å².